The predicted molar refractivity (Wildman–Crippen MR) is 45.3 cm³/mol. The molecule has 11 heavy (non-hydrogen) atoms. The van der Waals surface area contributed by atoms with Gasteiger partial charge in [-0.3, -0.25) is 0 Å². The molecule has 0 aliphatic carbocycles. The number of aliphatic hydroxyl groups is 1. The van der Waals surface area contributed by atoms with Gasteiger partial charge in [-0.05, 0) is 11.4 Å². The molecule has 0 aliphatic rings. The van der Waals surface area contributed by atoms with Gasteiger partial charge in [-0.1, -0.05) is 0 Å². The van der Waals surface area contributed by atoms with Crippen LogP contribution in [0.2, 0.25) is 0 Å². The molecule has 0 amide bonds. The van der Waals surface area contributed by atoms with Crippen molar-refractivity contribution in [2.75, 3.05) is 12.3 Å². The van der Waals surface area contributed by atoms with Crippen molar-refractivity contribution in [3.63, 3.8) is 0 Å². The standard InChI is InChI=1S/C3H10NO4PS.Na/c4-1-3(5)2-10-9(6,7)8;/h3,5H,1-2,4H2,(H2,6,7,8);. The number of nitrogens with two attached hydrogens (primary N) is 1. The summed E-state index contributed by atoms with van der Waals surface area (Å²) in [5.41, 5.74) is 4.99. The molecule has 0 heterocycles. The van der Waals surface area contributed by atoms with Gasteiger partial charge in [0.15, 0.2) is 0 Å². The first kappa shape index (κ1) is 14.9. The van der Waals surface area contributed by atoms with Crippen LogP contribution in [0, 0.1) is 0 Å². The first-order chi connectivity index (χ1) is 4.45. The van der Waals surface area contributed by atoms with E-state index >= 15 is 0 Å². The molecule has 0 aromatic heterocycles. The van der Waals surface area contributed by atoms with Crippen LogP contribution in [0.3, 0.4) is 0 Å². The quantitative estimate of drug-likeness (QED) is 0.341. The summed E-state index contributed by atoms with van der Waals surface area (Å²) in [4.78, 5) is 16.6. The van der Waals surface area contributed by atoms with Crippen molar-refractivity contribution in [1.82, 2.24) is 0 Å². The molecule has 0 rings (SSSR count). The van der Waals surface area contributed by atoms with Crippen molar-refractivity contribution in [3.05, 3.63) is 0 Å². The fourth-order valence-electron chi connectivity index (χ4n) is 0.251. The van der Waals surface area contributed by atoms with Gasteiger partial charge in [0, 0.05) is 41.9 Å². The fourth-order valence-corrected chi connectivity index (χ4v) is 1.85. The topological polar surface area (TPSA) is 104 Å². The molecule has 63 valence electrons. The molecule has 0 saturated carbocycles. The fraction of sp³-hybridized carbons (Fsp3) is 1.00. The summed E-state index contributed by atoms with van der Waals surface area (Å²) in [7, 11) is 0. The maximum atomic E-state index is 10.2. The molecule has 1 unspecified atom stereocenters. The van der Waals surface area contributed by atoms with Crippen LogP contribution in [0.15, 0.2) is 0 Å². The van der Waals surface area contributed by atoms with Crippen LogP contribution in [0.5, 0.6) is 0 Å². The zero-order chi connectivity index (χ0) is 8.20. The Morgan fingerprint density at radius 3 is 2.27 bits per heavy atom. The van der Waals surface area contributed by atoms with Crippen LogP contribution >= 0.6 is 18.2 Å². The van der Waals surface area contributed by atoms with Gasteiger partial charge in [-0.25, -0.2) is 4.57 Å². The molecule has 0 fully saturated rings. The third kappa shape index (κ3) is 11.4. The second-order valence-corrected chi connectivity index (χ2v) is 5.45. The maximum Gasteiger partial charge on any atom is 0.384 e. The van der Waals surface area contributed by atoms with Gasteiger partial charge in [0.1, 0.15) is 0 Å². The molecule has 0 aliphatic heterocycles. The van der Waals surface area contributed by atoms with Gasteiger partial charge in [-0.15, -0.1) is 0 Å². The minimum atomic E-state index is -4.03. The van der Waals surface area contributed by atoms with E-state index in [1.165, 1.54) is 0 Å². The van der Waals surface area contributed by atoms with Gasteiger partial charge in [0.25, 0.3) is 0 Å². The van der Waals surface area contributed by atoms with E-state index in [4.69, 9.17) is 20.6 Å². The van der Waals surface area contributed by atoms with E-state index < -0.39 is 12.9 Å². The van der Waals surface area contributed by atoms with E-state index in [1.807, 2.05) is 0 Å². The van der Waals surface area contributed by atoms with Crippen molar-refractivity contribution >= 4 is 47.7 Å². The van der Waals surface area contributed by atoms with Gasteiger partial charge in [0.2, 0.25) is 0 Å². The summed E-state index contributed by atoms with van der Waals surface area (Å²) in [5, 5.41) is 8.73. The van der Waals surface area contributed by atoms with E-state index in [0.717, 1.165) is 0 Å². The Labute approximate surface area is 90.9 Å². The molecule has 1 radical (unpaired) electrons. The van der Waals surface area contributed by atoms with Crippen molar-refractivity contribution in [1.29, 1.82) is 0 Å². The Bertz CT molecular complexity index is 141. The van der Waals surface area contributed by atoms with Crippen molar-refractivity contribution in [2.24, 2.45) is 5.73 Å². The second-order valence-electron chi connectivity index (χ2n) is 1.68. The van der Waals surface area contributed by atoms with Crippen LogP contribution in [-0.4, -0.2) is 62.9 Å². The molecule has 0 saturated heterocycles. The van der Waals surface area contributed by atoms with Crippen molar-refractivity contribution in [3.8, 4) is 0 Å². The van der Waals surface area contributed by atoms with Crippen LogP contribution in [0.25, 0.3) is 0 Å². The summed E-state index contributed by atoms with van der Waals surface area (Å²) in [6.45, 7) is -4.01. The minimum absolute atomic E-state index is 0. The molecule has 5 N–H and O–H groups in total. The molecule has 0 aromatic carbocycles. The average molecular weight is 210 g/mol. The molecular weight excluding hydrogens is 200 g/mol. The van der Waals surface area contributed by atoms with Gasteiger partial charge >= 0.3 is 6.80 Å². The Balaban J connectivity index is 0. The maximum absolute atomic E-state index is 10.2. The number of hydrogen-bond donors (Lipinski definition) is 4. The summed E-state index contributed by atoms with van der Waals surface area (Å²) >= 11 is 0.403. The van der Waals surface area contributed by atoms with E-state index in [0.29, 0.717) is 11.4 Å². The van der Waals surface area contributed by atoms with Gasteiger partial charge < -0.3 is 20.6 Å². The molecular formula is C3H10NNaO4PS. The molecule has 0 aromatic rings. The smallest absolute Gasteiger partial charge is 0.384 e. The number of hydrogen-bond acceptors (Lipinski definition) is 4. The predicted octanol–water partition coefficient (Wildman–Crippen LogP) is -1.25. The van der Waals surface area contributed by atoms with E-state index in [9.17, 15) is 4.57 Å². The monoisotopic (exact) mass is 210 g/mol. The van der Waals surface area contributed by atoms with E-state index in [2.05, 4.69) is 0 Å². The Kier molecular flexibility index (Phi) is 9.34. The summed E-state index contributed by atoms with van der Waals surface area (Å²) < 4.78 is 10.2. The molecule has 0 bridgehead atoms. The third-order valence-electron chi connectivity index (χ3n) is 0.707. The van der Waals surface area contributed by atoms with Crippen molar-refractivity contribution < 1.29 is 19.5 Å². The molecule has 1 atom stereocenters. The van der Waals surface area contributed by atoms with Gasteiger partial charge in [0.05, 0.1) is 6.10 Å². The van der Waals surface area contributed by atoms with E-state index in [1.54, 1.807) is 0 Å². The molecule has 5 nitrogen and oxygen atoms in total. The first-order valence-electron chi connectivity index (χ1n) is 2.54. The van der Waals surface area contributed by atoms with Crippen LogP contribution in [-0.2, 0) is 4.57 Å². The number of rotatable bonds is 4. The van der Waals surface area contributed by atoms with E-state index in [-0.39, 0.29) is 41.9 Å². The average Bonchev–Trinajstić information content (AvgIpc) is 1.81. The molecule has 8 heteroatoms. The Morgan fingerprint density at radius 1 is 1.55 bits per heavy atom. The zero-order valence-corrected chi connectivity index (χ0v) is 9.89. The summed E-state index contributed by atoms with van der Waals surface area (Å²) in [6, 6.07) is 0. The Hall–Kier alpha value is 1.42. The third-order valence-corrected chi connectivity index (χ3v) is 3.03. The first-order valence-corrected chi connectivity index (χ1v) is 5.74. The second kappa shape index (κ2) is 6.88. The SMILES string of the molecule is NCC(O)CSP(=O)(O)O.[Na]. The largest absolute Gasteiger partial charge is 0.391 e. The Morgan fingerprint density at radius 2 is 2.00 bits per heavy atom. The normalized spacial score (nSPS) is 13.8. The van der Waals surface area contributed by atoms with Gasteiger partial charge in [-0.2, -0.15) is 0 Å². The zero-order valence-electron chi connectivity index (χ0n) is 6.17. The minimum Gasteiger partial charge on any atom is -0.391 e. The number of aliphatic hydroxyl groups excluding tert-OH is 1. The summed E-state index contributed by atoms with van der Waals surface area (Å²) in [5.74, 6) is -0.0270. The summed E-state index contributed by atoms with van der Waals surface area (Å²) in [6.07, 6.45) is -0.836. The van der Waals surface area contributed by atoms with Crippen LogP contribution < -0.4 is 5.73 Å². The molecule has 0 spiro atoms. The van der Waals surface area contributed by atoms with Crippen LogP contribution in [0.1, 0.15) is 0 Å². The van der Waals surface area contributed by atoms with Crippen molar-refractivity contribution in [2.45, 2.75) is 6.10 Å². The van der Waals surface area contributed by atoms with Crippen LogP contribution in [0.4, 0.5) is 0 Å².